The number of aliphatic hydroxyl groups excluding tert-OH is 1. The van der Waals surface area contributed by atoms with Crippen LogP contribution < -0.4 is 0 Å². The Morgan fingerprint density at radius 1 is 1.09 bits per heavy atom. The van der Waals surface area contributed by atoms with Crippen LogP contribution in [0.15, 0.2) is 48.0 Å². The Kier molecular flexibility index (Phi) is 6.91. The first-order valence-corrected chi connectivity index (χ1v) is 11.3. The van der Waals surface area contributed by atoms with Crippen molar-refractivity contribution in [2.75, 3.05) is 39.4 Å². The molecule has 1 atom stereocenters. The van der Waals surface area contributed by atoms with Crippen LogP contribution in [0.4, 0.5) is 4.39 Å². The molecule has 174 valence electrons. The van der Waals surface area contributed by atoms with E-state index >= 15 is 0 Å². The Balaban J connectivity index is 1.72. The molecule has 2 aliphatic rings. The average molecular weight is 453 g/mol. The molecule has 0 aromatic heterocycles. The number of amides is 1. The van der Waals surface area contributed by atoms with Crippen molar-refractivity contribution < 1.29 is 23.8 Å². The highest BCUT2D eigenvalue weighted by molar-refractivity contribution is 6.46. The molecule has 1 N–H and O–H groups in total. The number of nitrogens with zero attached hydrogens (tertiary/aromatic N) is 2. The van der Waals surface area contributed by atoms with Crippen molar-refractivity contribution in [3.63, 3.8) is 0 Å². The lowest BCUT2D eigenvalue weighted by molar-refractivity contribution is -0.140. The summed E-state index contributed by atoms with van der Waals surface area (Å²) < 4.78 is 20.3. The number of aryl methyl sites for hydroxylation is 2. The van der Waals surface area contributed by atoms with E-state index in [9.17, 15) is 19.1 Å². The van der Waals surface area contributed by atoms with E-state index in [2.05, 4.69) is 4.90 Å². The van der Waals surface area contributed by atoms with Crippen LogP contribution in [0.1, 0.15) is 34.7 Å². The van der Waals surface area contributed by atoms with Gasteiger partial charge in [-0.1, -0.05) is 35.9 Å². The van der Waals surface area contributed by atoms with E-state index in [1.54, 1.807) is 24.3 Å². The van der Waals surface area contributed by atoms with Gasteiger partial charge in [-0.2, -0.15) is 0 Å². The van der Waals surface area contributed by atoms with Gasteiger partial charge in [0, 0.05) is 37.3 Å². The minimum atomic E-state index is -0.976. The van der Waals surface area contributed by atoms with Crippen LogP contribution in [-0.2, 0) is 14.3 Å². The maximum absolute atomic E-state index is 14.9. The highest BCUT2D eigenvalue weighted by Crippen LogP contribution is 2.40. The summed E-state index contributed by atoms with van der Waals surface area (Å²) in [5.74, 6) is -2.28. The van der Waals surface area contributed by atoms with Crippen molar-refractivity contribution >= 4 is 17.4 Å². The second-order valence-electron chi connectivity index (χ2n) is 8.64. The lowest BCUT2D eigenvalue weighted by Gasteiger charge is -2.29. The van der Waals surface area contributed by atoms with Crippen molar-refractivity contribution in [1.29, 1.82) is 0 Å². The summed E-state index contributed by atoms with van der Waals surface area (Å²) in [6.45, 7) is 7.73. The highest BCUT2D eigenvalue weighted by atomic mass is 19.1. The fraction of sp³-hybridized carbons (Fsp3) is 0.385. The van der Waals surface area contributed by atoms with E-state index < -0.39 is 23.5 Å². The number of carbonyl (C=O) groups is 2. The van der Waals surface area contributed by atoms with Gasteiger partial charge in [-0.15, -0.1) is 0 Å². The van der Waals surface area contributed by atoms with E-state index in [0.717, 1.165) is 30.8 Å². The van der Waals surface area contributed by atoms with Gasteiger partial charge in [-0.25, -0.2) is 4.39 Å². The molecular formula is C26H29FN2O4. The Bertz CT molecular complexity index is 1090. The van der Waals surface area contributed by atoms with E-state index in [4.69, 9.17) is 4.74 Å². The number of ether oxygens (including phenoxy) is 1. The van der Waals surface area contributed by atoms with Gasteiger partial charge in [-0.3, -0.25) is 14.5 Å². The smallest absolute Gasteiger partial charge is 0.295 e. The van der Waals surface area contributed by atoms with E-state index in [0.29, 0.717) is 25.2 Å². The standard InChI is InChI=1S/C26H29FN2O4/c1-17-8-9-18(2)20(16-17)24(30)22-23(19-6-3-4-7-21(19)27)29(26(32)25(22)31)11-5-10-28-12-14-33-15-13-28/h3-4,6-9,16,23,30H,5,10-15H2,1-2H3/b24-22+. The molecule has 0 aliphatic carbocycles. The average Bonchev–Trinajstić information content (AvgIpc) is 3.06. The van der Waals surface area contributed by atoms with Crippen molar-refractivity contribution in [1.82, 2.24) is 9.80 Å². The maximum Gasteiger partial charge on any atom is 0.295 e. The van der Waals surface area contributed by atoms with Crippen molar-refractivity contribution in [2.24, 2.45) is 0 Å². The van der Waals surface area contributed by atoms with Gasteiger partial charge in [0.25, 0.3) is 11.7 Å². The summed E-state index contributed by atoms with van der Waals surface area (Å²) in [4.78, 5) is 29.8. The van der Waals surface area contributed by atoms with Crippen molar-refractivity contribution in [3.8, 4) is 0 Å². The molecule has 7 heteroatoms. The number of rotatable bonds is 6. The van der Waals surface area contributed by atoms with Gasteiger partial charge >= 0.3 is 0 Å². The fourth-order valence-electron chi connectivity index (χ4n) is 4.56. The highest BCUT2D eigenvalue weighted by Gasteiger charge is 2.46. The molecule has 0 bridgehead atoms. The lowest BCUT2D eigenvalue weighted by atomic mass is 9.93. The van der Waals surface area contributed by atoms with E-state index in [1.165, 1.54) is 11.0 Å². The summed E-state index contributed by atoms with van der Waals surface area (Å²) in [5.41, 5.74) is 2.29. The number of aliphatic hydroxyl groups is 1. The molecule has 1 unspecified atom stereocenters. The molecule has 0 saturated carbocycles. The molecule has 2 aliphatic heterocycles. The first kappa shape index (κ1) is 23.1. The van der Waals surface area contributed by atoms with Gasteiger partial charge in [0.15, 0.2) is 0 Å². The Morgan fingerprint density at radius 2 is 1.82 bits per heavy atom. The minimum Gasteiger partial charge on any atom is -0.507 e. The van der Waals surface area contributed by atoms with Crippen LogP contribution in [0.25, 0.3) is 5.76 Å². The van der Waals surface area contributed by atoms with Gasteiger partial charge in [0.1, 0.15) is 11.6 Å². The molecule has 2 aromatic carbocycles. The lowest BCUT2D eigenvalue weighted by Crippen LogP contribution is -2.39. The summed E-state index contributed by atoms with van der Waals surface area (Å²) >= 11 is 0. The molecule has 2 heterocycles. The Hall–Kier alpha value is -3.03. The number of ketones is 1. The summed E-state index contributed by atoms with van der Waals surface area (Å²) in [6.07, 6.45) is 0.626. The largest absolute Gasteiger partial charge is 0.507 e. The third-order valence-corrected chi connectivity index (χ3v) is 6.37. The van der Waals surface area contributed by atoms with Crippen molar-refractivity contribution in [3.05, 3.63) is 76.1 Å². The molecule has 6 nitrogen and oxygen atoms in total. The number of likely N-dealkylation sites (tertiary alicyclic amines) is 1. The first-order chi connectivity index (χ1) is 15.9. The SMILES string of the molecule is Cc1ccc(C)c(/C(O)=C2\C(=O)C(=O)N(CCCN3CCOCC3)C2c2ccccc2F)c1. The monoisotopic (exact) mass is 452 g/mol. The zero-order valence-electron chi connectivity index (χ0n) is 19.0. The normalized spacial score (nSPS) is 21.1. The predicted molar refractivity (Wildman–Crippen MR) is 123 cm³/mol. The molecule has 0 radical (unpaired) electrons. The van der Waals surface area contributed by atoms with E-state index in [1.807, 2.05) is 26.0 Å². The van der Waals surface area contributed by atoms with Crippen LogP contribution in [0.3, 0.4) is 0 Å². The third kappa shape index (κ3) is 4.70. The second kappa shape index (κ2) is 9.85. The molecule has 0 spiro atoms. The minimum absolute atomic E-state index is 0.0647. The molecule has 4 rings (SSSR count). The number of halogens is 1. The molecule has 2 aromatic rings. The zero-order chi connectivity index (χ0) is 23.5. The predicted octanol–water partition coefficient (Wildman–Crippen LogP) is 3.59. The van der Waals surface area contributed by atoms with Gasteiger partial charge in [0.05, 0.1) is 24.8 Å². The molecule has 1 amide bonds. The molecule has 2 fully saturated rings. The Labute approximate surface area is 193 Å². The molecular weight excluding hydrogens is 423 g/mol. The van der Waals surface area contributed by atoms with Crippen LogP contribution in [-0.4, -0.2) is 66.0 Å². The number of carbonyl (C=O) groups excluding carboxylic acids is 2. The number of benzene rings is 2. The quantitative estimate of drug-likeness (QED) is 0.412. The summed E-state index contributed by atoms with van der Waals surface area (Å²) in [5, 5.41) is 11.2. The van der Waals surface area contributed by atoms with Crippen LogP contribution in [0.2, 0.25) is 0 Å². The Morgan fingerprint density at radius 3 is 2.55 bits per heavy atom. The second-order valence-corrected chi connectivity index (χ2v) is 8.64. The topological polar surface area (TPSA) is 70.1 Å². The number of hydrogen-bond donors (Lipinski definition) is 1. The fourth-order valence-corrected chi connectivity index (χ4v) is 4.56. The maximum atomic E-state index is 14.9. The summed E-state index contributed by atoms with van der Waals surface area (Å²) in [7, 11) is 0. The van der Waals surface area contributed by atoms with E-state index in [-0.39, 0.29) is 23.4 Å². The summed E-state index contributed by atoms with van der Waals surface area (Å²) in [6, 6.07) is 10.7. The van der Waals surface area contributed by atoms with Crippen molar-refractivity contribution in [2.45, 2.75) is 26.3 Å². The number of Topliss-reactive ketones (excluding diaryl/α,β-unsaturated/α-hetero) is 1. The van der Waals surface area contributed by atoms with Crippen LogP contribution in [0, 0.1) is 19.7 Å². The van der Waals surface area contributed by atoms with Crippen LogP contribution >= 0.6 is 0 Å². The zero-order valence-corrected chi connectivity index (χ0v) is 19.0. The molecule has 33 heavy (non-hydrogen) atoms. The van der Waals surface area contributed by atoms with Gasteiger partial charge in [0.2, 0.25) is 0 Å². The van der Waals surface area contributed by atoms with Crippen LogP contribution in [0.5, 0.6) is 0 Å². The van der Waals surface area contributed by atoms with Gasteiger partial charge in [-0.05, 0) is 38.0 Å². The molecule has 2 saturated heterocycles. The number of hydrogen-bond acceptors (Lipinski definition) is 5. The third-order valence-electron chi connectivity index (χ3n) is 6.37. The first-order valence-electron chi connectivity index (χ1n) is 11.3. The van der Waals surface area contributed by atoms with Gasteiger partial charge < -0.3 is 14.7 Å². The number of morpholine rings is 1.